The highest BCUT2D eigenvalue weighted by atomic mass is 33.1. The highest BCUT2D eigenvalue weighted by molar-refractivity contribution is 8.76. The van der Waals surface area contributed by atoms with Crippen LogP contribution in [0.2, 0.25) is 0 Å². The fraction of sp³-hybridized carbons (Fsp3) is 0.889. The fourth-order valence-electron chi connectivity index (χ4n) is 0.574. The first-order valence-electron chi connectivity index (χ1n) is 4.42. The molecule has 1 nitrogen and oxygen atoms in total. The van der Waals surface area contributed by atoms with E-state index in [1.807, 2.05) is 24.6 Å². The Morgan fingerprint density at radius 3 is 2.15 bits per heavy atom. The second-order valence-corrected chi connectivity index (χ2v) is 5.96. The molecule has 78 valence electrons. The molecule has 0 saturated carbocycles. The number of thiocyanates is 1. The maximum Gasteiger partial charge on any atom is 0.133 e. The second-order valence-electron chi connectivity index (χ2n) is 2.45. The van der Waals surface area contributed by atoms with Gasteiger partial charge in [-0.3, -0.25) is 0 Å². The van der Waals surface area contributed by atoms with Crippen LogP contribution in [0.5, 0.6) is 0 Å². The lowest BCUT2D eigenvalue weighted by Gasteiger charge is -2.16. The van der Waals surface area contributed by atoms with Crippen molar-refractivity contribution in [2.75, 3.05) is 12.0 Å². The summed E-state index contributed by atoms with van der Waals surface area (Å²) in [5.41, 5.74) is 0. The van der Waals surface area contributed by atoms with Gasteiger partial charge in [-0.1, -0.05) is 49.3 Å². The maximum absolute atomic E-state index is 8.36. The molecule has 0 aliphatic heterocycles. The highest BCUT2D eigenvalue weighted by Gasteiger charge is 2.13. The van der Waals surface area contributed by atoms with Crippen molar-refractivity contribution >= 4 is 33.3 Å². The van der Waals surface area contributed by atoms with Crippen LogP contribution in [0.25, 0.3) is 0 Å². The van der Waals surface area contributed by atoms with Gasteiger partial charge in [0, 0.05) is 11.0 Å². The van der Waals surface area contributed by atoms with Crippen molar-refractivity contribution in [1.82, 2.24) is 0 Å². The Balaban J connectivity index is 0. The number of hydrogen-bond donors (Lipinski definition) is 0. The third-order valence-corrected chi connectivity index (χ3v) is 4.61. The quantitative estimate of drug-likeness (QED) is 0.526. The SMILES string of the molecule is CC.CSSC(CSC#N)C(C)C. The fourth-order valence-corrected chi connectivity index (χ4v) is 4.00. The predicted octanol–water partition coefficient (Wildman–Crippen LogP) is 4.26. The summed E-state index contributed by atoms with van der Waals surface area (Å²) in [6.07, 6.45) is 2.08. The van der Waals surface area contributed by atoms with Crippen LogP contribution in [-0.4, -0.2) is 17.3 Å². The van der Waals surface area contributed by atoms with Crippen molar-refractivity contribution in [2.45, 2.75) is 32.9 Å². The topological polar surface area (TPSA) is 23.8 Å². The highest BCUT2D eigenvalue weighted by Crippen LogP contribution is 2.30. The van der Waals surface area contributed by atoms with Crippen LogP contribution in [0.4, 0.5) is 0 Å². The summed E-state index contributed by atoms with van der Waals surface area (Å²) in [5, 5.41) is 11.1. The van der Waals surface area contributed by atoms with Gasteiger partial charge in [0.15, 0.2) is 0 Å². The normalized spacial score (nSPS) is 11.5. The number of hydrogen-bond acceptors (Lipinski definition) is 4. The van der Waals surface area contributed by atoms with Crippen LogP contribution in [0, 0.1) is 16.6 Å². The van der Waals surface area contributed by atoms with Gasteiger partial charge in [-0.25, -0.2) is 0 Å². The maximum atomic E-state index is 8.36. The monoisotopic (exact) mass is 237 g/mol. The van der Waals surface area contributed by atoms with Crippen LogP contribution in [-0.2, 0) is 0 Å². The number of nitriles is 1. The Kier molecular flexibility index (Phi) is 15.4. The molecule has 0 aromatic heterocycles. The Labute approximate surface area is 94.8 Å². The van der Waals surface area contributed by atoms with E-state index in [-0.39, 0.29) is 0 Å². The van der Waals surface area contributed by atoms with Gasteiger partial charge in [0.25, 0.3) is 0 Å². The smallest absolute Gasteiger partial charge is 0.133 e. The predicted molar refractivity (Wildman–Crippen MR) is 69.2 cm³/mol. The van der Waals surface area contributed by atoms with E-state index in [1.165, 1.54) is 11.8 Å². The van der Waals surface area contributed by atoms with Crippen LogP contribution < -0.4 is 0 Å². The molecule has 0 aromatic carbocycles. The van der Waals surface area contributed by atoms with Crippen LogP contribution in [0.1, 0.15) is 27.7 Å². The van der Waals surface area contributed by atoms with E-state index < -0.39 is 0 Å². The molecule has 0 aromatic rings. The Bertz CT molecular complexity index is 131. The molecular weight excluding hydrogens is 218 g/mol. The van der Waals surface area contributed by atoms with Gasteiger partial charge in [-0.15, -0.1) is 0 Å². The van der Waals surface area contributed by atoms with E-state index in [1.54, 1.807) is 10.8 Å². The first-order chi connectivity index (χ1) is 6.22. The lowest BCUT2D eigenvalue weighted by Crippen LogP contribution is -2.12. The minimum atomic E-state index is 0.606. The average molecular weight is 237 g/mol. The molecular formula is C9H19NS3. The number of nitrogens with zero attached hydrogens (tertiary/aromatic N) is 1. The van der Waals surface area contributed by atoms with Gasteiger partial charge in [-0.2, -0.15) is 5.26 Å². The Morgan fingerprint density at radius 2 is 1.85 bits per heavy atom. The molecule has 0 saturated heterocycles. The summed E-state index contributed by atoms with van der Waals surface area (Å²) in [4.78, 5) is 0. The van der Waals surface area contributed by atoms with E-state index in [0.717, 1.165) is 5.75 Å². The molecule has 0 heterocycles. The van der Waals surface area contributed by atoms with E-state index in [9.17, 15) is 0 Å². The molecule has 1 atom stereocenters. The molecule has 0 fully saturated rings. The lowest BCUT2D eigenvalue weighted by molar-refractivity contribution is 0.651. The first-order valence-corrected chi connectivity index (χ1v) is 8.03. The molecule has 0 aliphatic rings. The molecule has 0 spiro atoms. The van der Waals surface area contributed by atoms with Crippen molar-refractivity contribution in [3.05, 3.63) is 0 Å². The summed E-state index contributed by atoms with van der Waals surface area (Å²) in [6, 6.07) is 0. The molecule has 0 amide bonds. The molecule has 13 heavy (non-hydrogen) atoms. The summed E-state index contributed by atoms with van der Waals surface area (Å²) < 4.78 is 0. The van der Waals surface area contributed by atoms with Gasteiger partial charge >= 0.3 is 0 Å². The van der Waals surface area contributed by atoms with Gasteiger partial charge in [0.2, 0.25) is 0 Å². The Morgan fingerprint density at radius 1 is 1.31 bits per heavy atom. The minimum absolute atomic E-state index is 0.606. The number of thioether (sulfide) groups is 1. The molecule has 0 aliphatic carbocycles. The van der Waals surface area contributed by atoms with Crippen LogP contribution in [0.3, 0.4) is 0 Å². The Hall–Kier alpha value is 0.540. The van der Waals surface area contributed by atoms with E-state index >= 15 is 0 Å². The molecule has 1 unspecified atom stereocenters. The third-order valence-electron chi connectivity index (χ3n) is 1.28. The van der Waals surface area contributed by atoms with Crippen molar-refractivity contribution in [3.63, 3.8) is 0 Å². The zero-order valence-corrected chi connectivity index (χ0v) is 11.5. The summed E-state index contributed by atoms with van der Waals surface area (Å²) in [6.45, 7) is 8.40. The minimum Gasteiger partial charge on any atom is -0.185 e. The summed E-state index contributed by atoms with van der Waals surface area (Å²) in [5.74, 6) is 1.60. The summed E-state index contributed by atoms with van der Waals surface area (Å²) >= 11 is 1.36. The standard InChI is InChI=1S/C7H13NS3.C2H6/c1-6(2)7(11-9-3)4-10-5-8;1-2/h6-7H,4H2,1-3H3;1-2H3. The number of rotatable bonds is 5. The molecule has 0 N–H and O–H groups in total. The zero-order valence-electron chi connectivity index (χ0n) is 9.03. The zero-order chi connectivity index (χ0) is 10.7. The average Bonchev–Trinajstić information content (AvgIpc) is 2.15. The van der Waals surface area contributed by atoms with E-state index in [4.69, 9.17) is 5.26 Å². The molecule has 0 radical (unpaired) electrons. The largest absolute Gasteiger partial charge is 0.185 e. The van der Waals surface area contributed by atoms with Crippen molar-refractivity contribution in [2.24, 2.45) is 5.92 Å². The molecule has 0 bridgehead atoms. The lowest BCUT2D eigenvalue weighted by atomic mass is 10.1. The third kappa shape index (κ3) is 10.5. The first kappa shape index (κ1) is 16.0. The van der Waals surface area contributed by atoms with Crippen LogP contribution >= 0.6 is 33.3 Å². The van der Waals surface area contributed by atoms with Crippen molar-refractivity contribution in [3.8, 4) is 5.40 Å². The van der Waals surface area contributed by atoms with Gasteiger partial charge in [0.1, 0.15) is 5.40 Å². The van der Waals surface area contributed by atoms with Gasteiger partial charge in [0.05, 0.1) is 0 Å². The molecule has 0 rings (SSSR count). The van der Waals surface area contributed by atoms with Gasteiger partial charge < -0.3 is 0 Å². The van der Waals surface area contributed by atoms with E-state index in [0.29, 0.717) is 11.2 Å². The van der Waals surface area contributed by atoms with Crippen molar-refractivity contribution < 1.29 is 0 Å². The molecule has 4 heteroatoms. The summed E-state index contributed by atoms with van der Waals surface area (Å²) in [7, 11) is 3.65. The van der Waals surface area contributed by atoms with Gasteiger partial charge in [-0.05, 0) is 23.9 Å². The van der Waals surface area contributed by atoms with E-state index in [2.05, 4.69) is 25.5 Å². The van der Waals surface area contributed by atoms with Crippen LogP contribution in [0.15, 0.2) is 0 Å². The van der Waals surface area contributed by atoms with Crippen molar-refractivity contribution in [1.29, 1.82) is 5.26 Å². The second kappa shape index (κ2) is 12.5.